The number of hydrogen-bond donors (Lipinski definition) is 0. The molecular weight excluding hydrogens is 472 g/mol. The summed E-state index contributed by atoms with van der Waals surface area (Å²) in [5.41, 5.74) is 2.05. The molecule has 2 aromatic heterocycles. The van der Waals surface area contributed by atoms with Crippen LogP contribution in [0.15, 0.2) is 33.9 Å². The number of thioether (sulfide) groups is 1. The number of nitrogens with zero attached hydrogens (tertiary/aromatic N) is 4. The third-order valence-electron chi connectivity index (χ3n) is 5.85. The quantitative estimate of drug-likeness (QED) is 0.433. The van der Waals surface area contributed by atoms with Crippen molar-refractivity contribution in [2.45, 2.75) is 37.8 Å². The molecule has 8 nitrogen and oxygen atoms in total. The predicted octanol–water partition coefficient (Wildman–Crippen LogP) is 4.73. The Morgan fingerprint density at radius 1 is 1.26 bits per heavy atom. The number of ether oxygens (including phenoxy) is 2. The van der Waals surface area contributed by atoms with Gasteiger partial charge in [-0.15, -0.1) is 21.5 Å². The van der Waals surface area contributed by atoms with Gasteiger partial charge in [0.05, 0.1) is 23.1 Å². The smallest absolute Gasteiger partial charge is 0.277 e. The number of fused-ring (bicyclic) bond motifs is 2. The molecule has 0 spiro atoms. The van der Waals surface area contributed by atoms with Crippen molar-refractivity contribution in [3.05, 3.63) is 34.7 Å². The van der Waals surface area contributed by atoms with E-state index in [1.807, 2.05) is 0 Å². The van der Waals surface area contributed by atoms with Crippen molar-refractivity contribution in [2.75, 3.05) is 30.4 Å². The second kappa shape index (κ2) is 10.1. The van der Waals surface area contributed by atoms with Crippen LogP contribution in [0, 0.1) is 17.2 Å². The number of carbonyl (C=O) groups is 1. The van der Waals surface area contributed by atoms with E-state index in [0.717, 1.165) is 17.7 Å². The SMILES string of the molecule is C[C@@H]1CCc2sc(-c3nnc(SCC(=O)N(CCC#N)c4ccc5c(c4)OCCO5)o3)cc2C1. The number of carbonyl (C=O) groups excluding carboxylic acids is 1. The number of benzene rings is 1. The third kappa shape index (κ3) is 4.91. The lowest BCUT2D eigenvalue weighted by Gasteiger charge is -2.24. The van der Waals surface area contributed by atoms with Gasteiger partial charge in [0, 0.05) is 23.2 Å². The van der Waals surface area contributed by atoms with Crippen LogP contribution >= 0.6 is 23.1 Å². The number of aromatic nitrogens is 2. The summed E-state index contributed by atoms with van der Waals surface area (Å²) < 4.78 is 17.1. The van der Waals surface area contributed by atoms with Crippen LogP contribution in [-0.4, -0.2) is 41.6 Å². The molecule has 3 heterocycles. The van der Waals surface area contributed by atoms with E-state index in [1.165, 1.54) is 28.6 Å². The summed E-state index contributed by atoms with van der Waals surface area (Å²) in [6.07, 6.45) is 3.63. The first kappa shape index (κ1) is 22.7. The highest BCUT2D eigenvalue weighted by Crippen LogP contribution is 2.38. The maximum atomic E-state index is 13.1. The van der Waals surface area contributed by atoms with Gasteiger partial charge in [0.1, 0.15) is 13.2 Å². The van der Waals surface area contributed by atoms with Crippen LogP contribution in [0.4, 0.5) is 5.69 Å². The van der Waals surface area contributed by atoms with Crippen LogP contribution in [0.5, 0.6) is 11.5 Å². The average Bonchev–Trinajstić information content (AvgIpc) is 3.49. The Morgan fingerprint density at radius 3 is 2.97 bits per heavy atom. The Bertz CT molecular complexity index is 1230. The van der Waals surface area contributed by atoms with Crippen LogP contribution in [0.2, 0.25) is 0 Å². The molecule has 176 valence electrons. The highest BCUT2D eigenvalue weighted by molar-refractivity contribution is 7.99. The maximum absolute atomic E-state index is 13.1. The highest BCUT2D eigenvalue weighted by Gasteiger charge is 2.23. The molecule has 0 bridgehead atoms. The lowest BCUT2D eigenvalue weighted by molar-refractivity contribution is -0.116. The van der Waals surface area contributed by atoms with Crippen molar-refractivity contribution < 1.29 is 18.7 Å². The number of rotatable bonds is 7. The molecule has 10 heteroatoms. The summed E-state index contributed by atoms with van der Waals surface area (Å²) in [7, 11) is 0. The molecule has 0 fully saturated rings. The Hall–Kier alpha value is -3.03. The minimum Gasteiger partial charge on any atom is -0.486 e. The van der Waals surface area contributed by atoms with Crippen LogP contribution in [0.3, 0.4) is 0 Å². The second-order valence-electron chi connectivity index (χ2n) is 8.35. The molecule has 1 aromatic carbocycles. The number of thiophene rings is 1. The number of nitriles is 1. The maximum Gasteiger partial charge on any atom is 0.277 e. The molecule has 0 saturated carbocycles. The monoisotopic (exact) mass is 496 g/mol. The summed E-state index contributed by atoms with van der Waals surface area (Å²) in [4.78, 5) is 17.0. The van der Waals surface area contributed by atoms with Gasteiger partial charge in [0.15, 0.2) is 11.5 Å². The predicted molar refractivity (Wildman–Crippen MR) is 130 cm³/mol. The molecule has 1 aliphatic carbocycles. The molecule has 1 atom stereocenters. The summed E-state index contributed by atoms with van der Waals surface area (Å²) in [6, 6.07) is 9.63. The van der Waals surface area contributed by atoms with Gasteiger partial charge in [-0.3, -0.25) is 4.79 Å². The number of aryl methyl sites for hydroxylation is 1. The van der Waals surface area contributed by atoms with Gasteiger partial charge in [0.2, 0.25) is 5.91 Å². The fourth-order valence-corrected chi connectivity index (χ4v) is 5.91. The number of anilines is 1. The zero-order valence-electron chi connectivity index (χ0n) is 18.8. The molecule has 34 heavy (non-hydrogen) atoms. The van der Waals surface area contributed by atoms with Crippen molar-refractivity contribution in [1.29, 1.82) is 5.26 Å². The minimum absolute atomic E-state index is 0.111. The van der Waals surface area contributed by atoms with E-state index in [1.54, 1.807) is 34.4 Å². The van der Waals surface area contributed by atoms with Crippen molar-refractivity contribution >= 4 is 34.7 Å². The second-order valence-corrected chi connectivity index (χ2v) is 10.4. The number of amides is 1. The van der Waals surface area contributed by atoms with Crippen LogP contribution in [-0.2, 0) is 17.6 Å². The minimum atomic E-state index is -0.155. The van der Waals surface area contributed by atoms with E-state index in [4.69, 9.17) is 19.2 Å². The first-order chi connectivity index (χ1) is 16.6. The lowest BCUT2D eigenvalue weighted by Crippen LogP contribution is -2.33. The third-order valence-corrected chi connectivity index (χ3v) is 7.88. The van der Waals surface area contributed by atoms with Gasteiger partial charge >= 0.3 is 0 Å². The van der Waals surface area contributed by atoms with Gasteiger partial charge in [0.25, 0.3) is 11.1 Å². The van der Waals surface area contributed by atoms with Gasteiger partial charge in [-0.1, -0.05) is 18.7 Å². The van der Waals surface area contributed by atoms with Crippen molar-refractivity contribution in [1.82, 2.24) is 10.2 Å². The fourth-order valence-electron chi connectivity index (χ4n) is 4.14. The van der Waals surface area contributed by atoms with Gasteiger partial charge in [-0.05, 0) is 48.9 Å². The molecule has 3 aromatic rings. The first-order valence-corrected chi connectivity index (χ1v) is 13.1. The topological polar surface area (TPSA) is 101 Å². The van der Waals surface area contributed by atoms with E-state index < -0.39 is 0 Å². The fraction of sp³-hybridized carbons (Fsp3) is 0.417. The molecule has 1 amide bonds. The van der Waals surface area contributed by atoms with Gasteiger partial charge in [-0.2, -0.15) is 5.26 Å². The average molecular weight is 497 g/mol. The molecule has 5 rings (SSSR count). The normalized spacial score (nSPS) is 16.5. The highest BCUT2D eigenvalue weighted by atomic mass is 32.2. The summed E-state index contributed by atoms with van der Waals surface area (Å²) in [6.45, 7) is 3.52. The summed E-state index contributed by atoms with van der Waals surface area (Å²) in [5.74, 6) is 2.40. The van der Waals surface area contributed by atoms with E-state index in [2.05, 4.69) is 29.3 Å². The van der Waals surface area contributed by atoms with Gasteiger partial charge < -0.3 is 18.8 Å². The van der Waals surface area contributed by atoms with Crippen molar-refractivity contribution in [3.8, 4) is 28.3 Å². The molecule has 0 radical (unpaired) electrons. The molecule has 0 unspecified atom stereocenters. The summed E-state index contributed by atoms with van der Waals surface area (Å²) >= 11 is 2.92. The Morgan fingerprint density at radius 2 is 2.12 bits per heavy atom. The van der Waals surface area contributed by atoms with Crippen LogP contribution in [0.25, 0.3) is 10.8 Å². The van der Waals surface area contributed by atoms with E-state index in [0.29, 0.717) is 47.4 Å². The standard InChI is InChI=1S/C24H24N4O4S2/c1-15-3-6-20-16(11-15)12-21(34-20)23-26-27-24(32-23)33-14-22(29)28(8-2-7-25)17-4-5-18-19(13-17)31-10-9-30-18/h4-5,12-13,15H,2-3,6,8-11,14H2,1H3/t15-/m1/s1. The van der Waals surface area contributed by atoms with Gasteiger partial charge in [-0.25, -0.2) is 0 Å². The molecule has 2 aliphatic rings. The zero-order chi connectivity index (χ0) is 23.5. The van der Waals surface area contributed by atoms with Crippen molar-refractivity contribution in [2.24, 2.45) is 5.92 Å². The summed E-state index contributed by atoms with van der Waals surface area (Å²) in [5, 5.41) is 17.7. The first-order valence-electron chi connectivity index (χ1n) is 11.3. The van der Waals surface area contributed by atoms with E-state index in [9.17, 15) is 4.79 Å². The largest absolute Gasteiger partial charge is 0.486 e. The van der Waals surface area contributed by atoms with E-state index in [-0.39, 0.29) is 24.6 Å². The molecule has 0 saturated heterocycles. The van der Waals surface area contributed by atoms with Crippen molar-refractivity contribution in [3.63, 3.8) is 0 Å². The Labute approximate surface area is 205 Å². The van der Waals surface area contributed by atoms with Crippen LogP contribution in [0.1, 0.15) is 30.2 Å². The zero-order valence-corrected chi connectivity index (χ0v) is 20.4. The number of hydrogen-bond acceptors (Lipinski definition) is 9. The Balaban J connectivity index is 1.26. The molecule has 0 N–H and O–H groups in total. The molecular formula is C24H24N4O4S2. The van der Waals surface area contributed by atoms with E-state index >= 15 is 0 Å². The van der Waals surface area contributed by atoms with Crippen LogP contribution < -0.4 is 14.4 Å². The molecule has 1 aliphatic heterocycles. The lowest BCUT2D eigenvalue weighted by atomic mass is 9.90. The Kier molecular flexibility index (Phi) is 6.74.